The van der Waals surface area contributed by atoms with Gasteiger partial charge in [-0.1, -0.05) is 20.8 Å². The highest BCUT2D eigenvalue weighted by Gasteiger charge is 2.13. The minimum atomic E-state index is -1.00. The lowest BCUT2D eigenvalue weighted by Crippen LogP contribution is -2.23. The van der Waals surface area contributed by atoms with Crippen LogP contribution in [0.25, 0.3) is 0 Å². The molecule has 1 aromatic rings. The van der Waals surface area contributed by atoms with Gasteiger partial charge in [0, 0.05) is 6.20 Å². The summed E-state index contributed by atoms with van der Waals surface area (Å²) in [7, 11) is 0. The molecule has 0 saturated heterocycles. The quantitative estimate of drug-likeness (QED) is 0.678. The fraction of sp³-hybridized carbons (Fsp3) is 0.500. The first-order chi connectivity index (χ1) is 7.61. The molecule has 6 nitrogen and oxygen atoms in total. The standard InChI is InChI=1S/C6H12O2.C4H3FN2O2/c1-6(2,3)4-5(7)8;5-2-1-6-4(9)7-3(2)8/h4H2,1-3H3,(H,7,8);1H,(H2,6,7,8,9). The molecule has 96 valence electrons. The molecule has 0 aliphatic carbocycles. The second kappa shape index (κ2) is 5.97. The van der Waals surface area contributed by atoms with Crippen molar-refractivity contribution < 1.29 is 14.3 Å². The third kappa shape index (κ3) is 7.95. The Labute approximate surface area is 96.5 Å². The average Bonchev–Trinajstić information content (AvgIpc) is 2.08. The number of hydrogen-bond acceptors (Lipinski definition) is 3. The van der Waals surface area contributed by atoms with Gasteiger partial charge in [0.2, 0.25) is 5.82 Å². The van der Waals surface area contributed by atoms with E-state index in [-0.39, 0.29) is 11.8 Å². The van der Waals surface area contributed by atoms with Gasteiger partial charge in [0.05, 0.1) is 6.42 Å². The molecule has 0 unspecified atom stereocenters. The van der Waals surface area contributed by atoms with Gasteiger partial charge < -0.3 is 10.1 Å². The van der Waals surface area contributed by atoms with Gasteiger partial charge in [0.15, 0.2) is 0 Å². The monoisotopic (exact) mass is 246 g/mol. The Morgan fingerprint density at radius 1 is 1.41 bits per heavy atom. The van der Waals surface area contributed by atoms with Crippen molar-refractivity contribution in [3.05, 3.63) is 32.9 Å². The minimum absolute atomic E-state index is 0.0775. The van der Waals surface area contributed by atoms with Gasteiger partial charge in [-0.15, -0.1) is 0 Å². The molecule has 0 aliphatic rings. The van der Waals surface area contributed by atoms with E-state index in [0.29, 0.717) is 6.20 Å². The highest BCUT2D eigenvalue weighted by molar-refractivity contribution is 5.67. The molecule has 3 N–H and O–H groups in total. The summed E-state index contributed by atoms with van der Waals surface area (Å²) < 4.78 is 12.0. The molecule has 1 aromatic heterocycles. The first kappa shape index (κ1) is 15.1. The van der Waals surface area contributed by atoms with Crippen LogP contribution in [0, 0.1) is 11.2 Å². The first-order valence-corrected chi connectivity index (χ1v) is 4.81. The van der Waals surface area contributed by atoms with Gasteiger partial charge in [-0.25, -0.2) is 4.79 Å². The van der Waals surface area contributed by atoms with Crippen molar-refractivity contribution in [2.75, 3.05) is 0 Å². The summed E-state index contributed by atoms with van der Waals surface area (Å²) in [5.41, 5.74) is -1.79. The van der Waals surface area contributed by atoms with E-state index in [1.165, 1.54) is 0 Å². The number of carboxylic acids is 1. The average molecular weight is 246 g/mol. The molecule has 0 bridgehead atoms. The molecule has 1 rings (SSSR count). The number of carbonyl (C=O) groups is 1. The highest BCUT2D eigenvalue weighted by atomic mass is 19.1. The maximum atomic E-state index is 12.0. The number of rotatable bonds is 1. The molecule has 0 spiro atoms. The zero-order valence-electron chi connectivity index (χ0n) is 9.83. The van der Waals surface area contributed by atoms with Gasteiger partial charge in [-0.3, -0.25) is 14.6 Å². The van der Waals surface area contributed by atoms with E-state index in [4.69, 9.17) is 5.11 Å². The Morgan fingerprint density at radius 2 is 1.94 bits per heavy atom. The smallest absolute Gasteiger partial charge is 0.325 e. The fourth-order valence-electron chi connectivity index (χ4n) is 0.847. The predicted octanol–water partition coefficient (Wildman–Crippen LogP) is 0.710. The normalized spacial score (nSPS) is 10.4. The lowest BCUT2D eigenvalue weighted by molar-refractivity contribution is -0.139. The van der Waals surface area contributed by atoms with Crippen LogP contribution in [0.1, 0.15) is 27.2 Å². The highest BCUT2D eigenvalue weighted by Crippen LogP contribution is 2.17. The minimum Gasteiger partial charge on any atom is -0.481 e. The van der Waals surface area contributed by atoms with E-state index >= 15 is 0 Å². The number of halogens is 1. The van der Waals surface area contributed by atoms with Crippen molar-refractivity contribution in [3.63, 3.8) is 0 Å². The molecule has 0 aromatic carbocycles. The summed E-state index contributed by atoms with van der Waals surface area (Å²) in [4.78, 5) is 34.0. The Kier molecular flexibility index (Phi) is 5.30. The summed E-state index contributed by atoms with van der Waals surface area (Å²) in [6.45, 7) is 5.71. The van der Waals surface area contributed by atoms with Gasteiger partial charge in [-0.05, 0) is 5.41 Å². The van der Waals surface area contributed by atoms with E-state index in [1.54, 1.807) is 4.98 Å². The first-order valence-electron chi connectivity index (χ1n) is 4.81. The maximum absolute atomic E-state index is 12.0. The Hall–Kier alpha value is -1.92. The topological polar surface area (TPSA) is 103 Å². The Balaban J connectivity index is 0.000000304. The van der Waals surface area contributed by atoms with Crippen LogP contribution in [-0.2, 0) is 4.79 Å². The van der Waals surface area contributed by atoms with Crippen LogP contribution in [0.2, 0.25) is 0 Å². The van der Waals surface area contributed by atoms with E-state index in [0.717, 1.165) is 0 Å². The third-order valence-electron chi connectivity index (χ3n) is 1.46. The van der Waals surface area contributed by atoms with E-state index in [1.807, 2.05) is 25.8 Å². The second-order valence-corrected chi connectivity index (χ2v) is 4.55. The fourth-order valence-corrected chi connectivity index (χ4v) is 0.847. The van der Waals surface area contributed by atoms with E-state index in [2.05, 4.69) is 0 Å². The Morgan fingerprint density at radius 3 is 2.18 bits per heavy atom. The van der Waals surface area contributed by atoms with Crippen molar-refractivity contribution in [1.29, 1.82) is 0 Å². The zero-order chi connectivity index (χ0) is 13.6. The molecule has 0 amide bonds. The SMILES string of the molecule is CC(C)(C)CC(=O)O.O=c1[nH]cc(F)c(=O)[nH]1. The molecular weight excluding hydrogens is 231 g/mol. The largest absolute Gasteiger partial charge is 0.481 e. The summed E-state index contributed by atoms with van der Waals surface area (Å²) in [6, 6.07) is 0. The number of nitrogens with one attached hydrogen (secondary N) is 2. The molecule has 0 radical (unpaired) electrons. The van der Waals surface area contributed by atoms with Crippen LogP contribution in [0.15, 0.2) is 15.8 Å². The summed E-state index contributed by atoms with van der Waals surface area (Å²) >= 11 is 0. The van der Waals surface area contributed by atoms with Gasteiger partial charge >= 0.3 is 11.7 Å². The Bertz CT molecular complexity index is 484. The summed E-state index contributed by atoms with van der Waals surface area (Å²) in [6.07, 6.45) is 0.953. The second-order valence-electron chi connectivity index (χ2n) is 4.55. The molecule has 0 aliphatic heterocycles. The lowest BCUT2D eigenvalue weighted by atomic mass is 9.93. The van der Waals surface area contributed by atoms with Crippen molar-refractivity contribution in [1.82, 2.24) is 9.97 Å². The summed E-state index contributed by atoms with van der Waals surface area (Å²) in [5.74, 6) is -1.72. The number of H-pyrrole nitrogens is 2. The number of aliphatic carboxylic acids is 1. The molecule has 0 saturated carbocycles. The van der Waals surface area contributed by atoms with Gasteiger partial charge in [-0.2, -0.15) is 4.39 Å². The van der Waals surface area contributed by atoms with Crippen LogP contribution < -0.4 is 11.2 Å². The summed E-state index contributed by atoms with van der Waals surface area (Å²) in [5, 5.41) is 8.25. The van der Waals surface area contributed by atoms with E-state index in [9.17, 15) is 18.8 Å². The zero-order valence-corrected chi connectivity index (χ0v) is 9.83. The van der Waals surface area contributed by atoms with Crippen molar-refractivity contribution in [2.45, 2.75) is 27.2 Å². The number of carboxylic acid groups (broad SMARTS) is 1. The molecule has 7 heteroatoms. The van der Waals surface area contributed by atoms with Crippen LogP contribution in [0.5, 0.6) is 0 Å². The number of hydrogen-bond donors (Lipinski definition) is 3. The molecule has 0 fully saturated rings. The van der Waals surface area contributed by atoms with Crippen LogP contribution in [0.3, 0.4) is 0 Å². The number of aromatic nitrogens is 2. The lowest BCUT2D eigenvalue weighted by Gasteiger charge is -2.13. The molecule has 0 atom stereocenters. The van der Waals surface area contributed by atoms with Gasteiger partial charge in [0.25, 0.3) is 5.56 Å². The maximum Gasteiger partial charge on any atom is 0.325 e. The van der Waals surface area contributed by atoms with Crippen molar-refractivity contribution >= 4 is 5.97 Å². The molecule has 1 heterocycles. The van der Waals surface area contributed by atoms with Crippen molar-refractivity contribution in [3.8, 4) is 0 Å². The van der Waals surface area contributed by atoms with Gasteiger partial charge in [0.1, 0.15) is 0 Å². The third-order valence-corrected chi connectivity index (χ3v) is 1.46. The number of aromatic amines is 2. The van der Waals surface area contributed by atoms with E-state index < -0.39 is 23.0 Å². The van der Waals surface area contributed by atoms with Crippen molar-refractivity contribution in [2.24, 2.45) is 5.41 Å². The van der Waals surface area contributed by atoms with Crippen LogP contribution in [0.4, 0.5) is 4.39 Å². The van der Waals surface area contributed by atoms with Crippen LogP contribution >= 0.6 is 0 Å². The van der Waals surface area contributed by atoms with Crippen LogP contribution in [-0.4, -0.2) is 21.0 Å². The molecular formula is C10H15FN2O4. The predicted molar refractivity (Wildman–Crippen MR) is 59.3 cm³/mol. The molecule has 17 heavy (non-hydrogen) atoms.